The van der Waals surface area contributed by atoms with Crippen LogP contribution in [0.1, 0.15) is 43.7 Å². The Bertz CT molecular complexity index is 1870. The first kappa shape index (κ1) is 37.6. The van der Waals surface area contributed by atoms with Gasteiger partial charge in [-0.25, -0.2) is 8.42 Å². The molecule has 0 radical (unpaired) electrons. The summed E-state index contributed by atoms with van der Waals surface area (Å²) in [6.07, 6.45) is 5.85. The van der Waals surface area contributed by atoms with Gasteiger partial charge in [-0.1, -0.05) is 84.6 Å². The van der Waals surface area contributed by atoms with E-state index >= 15 is 0 Å². The van der Waals surface area contributed by atoms with Crippen molar-refractivity contribution in [1.82, 2.24) is 10.2 Å². The number of thioether (sulfide) groups is 1. The number of carbonyl (C=O) groups is 2. The molecule has 8 nitrogen and oxygen atoms in total. The summed E-state index contributed by atoms with van der Waals surface area (Å²) in [5.41, 5.74) is 1.61. The number of nitrogens with one attached hydrogen (secondary N) is 1. The molecule has 2 amide bonds. The van der Waals surface area contributed by atoms with Crippen LogP contribution in [-0.2, 0) is 32.6 Å². The third kappa shape index (κ3) is 9.34. The van der Waals surface area contributed by atoms with Crippen molar-refractivity contribution in [2.45, 2.75) is 67.4 Å². The number of amides is 2. The molecule has 0 saturated heterocycles. The van der Waals surface area contributed by atoms with Crippen molar-refractivity contribution >= 4 is 62.5 Å². The molecule has 0 spiro atoms. The number of anilines is 1. The number of halogens is 2. The number of benzene rings is 4. The number of sulfonamides is 1. The number of para-hydroxylation sites is 2. The zero-order valence-corrected chi connectivity index (χ0v) is 31.2. The smallest absolute Gasteiger partial charge is 0.264 e. The fourth-order valence-corrected chi connectivity index (χ4v) is 8.39. The Kier molecular flexibility index (Phi) is 13.1. The van der Waals surface area contributed by atoms with E-state index in [1.165, 1.54) is 28.8 Å². The lowest BCUT2D eigenvalue weighted by atomic mass is 10.0. The standard InChI is InChI=1S/C38H41Cl2N3O5S2/c1-3-48-36-16-10-9-15-34(36)43(50(46,47)32-21-19-31(49-2)20-22-32)26-37(44)42(25-28-17-18-29(39)24-33(28)40)35(23-27-11-5-4-6-12-27)38(45)41-30-13-7-8-14-30/h4-6,9-12,15-22,24,30,35H,3,7-8,13-14,23,25-26H2,1-2H3,(H,41,45). The molecule has 50 heavy (non-hydrogen) atoms. The van der Waals surface area contributed by atoms with Gasteiger partial charge < -0.3 is 15.0 Å². The van der Waals surface area contributed by atoms with E-state index in [4.69, 9.17) is 27.9 Å². The van der Waals surface area contributed by atoms with E-state index in [1.54, 1.807) is 61.5 Å². The largest absolute Gasteiger partial charge is 0.492 e. The molecule has 1 saturated carbocycles. The molecule has 12 heteroatoms. The first-order valence-corrected chi connectivity index (χ1v) is 20.0. The van der Waals surface area contributed by atoms with Gasteiger partial charge in [-0.05, 0) is 85.7 Å². The molecule has 264 valence electrons. The fraction of sp³-hybridized carbons (Fsp3) is 0.316. The van der Waals surface area contributed by atoms with E-state index in [0.717, 1.165) is 40.4 Å². The third-order valence-electron chi connectivity index (χ3n) is 8.69. The highest BCUT2D eigenvalue weighted by Gasteiger charge is 2.36. The Morgan fingerprint density at radius 3 is 2.28 bits per heavy atom. The van der Waals surface area contributed by atoms with Gasteiger partial charge in [0.05, 0.1) is 17.2 Å². The van der Waals surface area contributed by atoms with Crippen LogP contribution in [-0.4, -0.2) is 56.6 Å². The summed E-state index contributed by atoms with van der Waals surface area (Å²) in [5.74, 6) is -0.593. The second-order valence-corrected chi connectivity index (χ2v) is 15.6. The van der Waals surface area contributed by atoms with Gasteiger partial charge in [0, 0.05) is 33.9 Å². The van der Waals surface area contributed by atoms with E-state index in [0.29, 0.717) is 21.4 Å². The van der Waals surface area contributed by atoms with Gasteiger partial charge >= 0.3 is 0 Å². The van der Waals surface area contributed by atoms with Crippen LogP contribution in [0.5, 0.6) is 5.75 Å². The molecule has 1 fully saturated rings. The van der Waals surface area contributed by atoms with Crippen LogP contribution in [0.4, 0.5) is 5.69 Å². The maximum atomic E-state index is 14.9. The van der Waals surface area contributed by atoms with Crippen molar-refractivity contribution in [2.75, 3.05) is 23.7 Å². The molecule has 1 unspecified atom stereocenters. The Hall–Kier alpha value is -3.70. The molecule has 4 aromatic carbocycles. The van der Waals surface area contributed by atoms with Crippen LogP contribution < -0.4 is 14.4 Å². The Morgan fingerprint density at radius 2 is 1.62 bits per heavy atom. The summed E-state index contributed by atoms with van der Waals surface area (Å²) in [5, 5.41) is 3.93. The first-order valence-electron chi connectivity index (χ1n) is 16.6. The lowest BCUT2D eigenvalue weighted by Crippen LogP contribution is -2.54. The van der Waals surface area contributed by atoms with Crippen molar-refractivity contribution in [1.29, 1.82) is 0 Å². The fourth-order valence-electron chi connectivity index (χ4n) is 6.08. The third-order valence-corrected chi connectivity index (χ3v) is 11.8. The van der Waals surface area contributed by atoms with Gasteiger partial charge in [0.15, 0.2) is 0 Å². The second kappa shape index (κ2) is 17.5. The van der Waals surface area contributed by atoms with Crippen LogP contribution in [0.15, 0.2) is 107 Å². The summed E-state index contributed by atoms with van der Waals surface area (Å²) in [6, 6.07) is 26.7. The van der Waals surface area contributed by atoms with Crippen LogP contribution in [0.25, 0.3) is 0 Å². The van der Waals surface area contributed by atoms with Gasteiger partial charge in [-0.2, -0.15) is 0 Å². The summed E-state index contributed by atoms with van der Waals surface area (Å²) in [7, 11) is -4.31. The van der Waals surface area contributed by atoms with Crippen LogP contribution in [0.3, 0.4) is 0 Å². The lowest BCUT2D eigenvalue weighted by molar-refractivity contribution is -0.140. The predicted octanol–water partition coefficient (Wildman–Crippen LogP) is 8.01. The topological polar surface area (TPSA) is 96.0 Å². The highest BCUT2D eigenvalue weighted by Crippen LogP contribution is 2.34. The van der Waals surface area contributed by atoms with Crippen LogP contribution in [0.2, 0.25) is 10.0 Å². The summed E-state index contributed by atoms with van der Waals surface area (Å²) in [6.45, 7) is 1.41. The lowest BCUT2D eigenvalue weighted by Gasteiger charge is -2.34. The first-order chi connectivity index (χ1) is 24.1. The highest BCUT2D eigenvalue weighted by molar-refractivity contribution is 7.98. The van der Waals surface area contributed by atoms with Crippen molar-refractivity contribution in [3.8, 4) is 5.75 Å². The molecular formula is C38H41Cl2N3O5S2. The predicted molar refractivity (Wildman–Crippen MR) is 202 cm³/mol. The molecule has 0 aromatic heterocycles. The number of hydrogen-bond donors (Lipinski definition) is 1. The molecule has 4 aromatic rings. The van der Waals surface area contributed by atoms with Gasteiger partial charge in [-0.15, -0.1) is 11.8 Å². The molecule has 0 bridgehead atoms. The van der Waals surface area contributed by atoms with E-state index in [9.17, 15) is 18.0 Å². The molecule has 1 aliphatic carbocycles. The van der Waals surface area contributed by atoms with Crippen molar-refractivity contribution < 1.29 is 22.7 Å². The average Bonchev–Trinajstić information content (AvgIpc) is 3.63. The number of nitrogens with zero attached hydrogens (tertiary/aromatic N) is 2. The Labute approximate surface area is 309 Å². The summed E-state index contributed by atoms with van der Waals surface area (Å²) in [4.78, 5) is 31.4. The highest BCUT2D eigenvalue weighted by atomic mass is 35.5. The molecule has 0 heterocycles. The molecule has 1 atom stereocenters. The number of rotatable bonds is 15. The van der Waals surface area contributed by atoms with Gasteiger partial charge in [0.1, 0.15) is 18.3 Å². The summed E-state index contributed by atoms with van der Waals surface area (Å²) >= 11 is 14.4. The second-order valence-electron chi connectivity index (χ2n) is 12.0. The Morgan fingerprint density at radius 1 is 0.940 bits per heavy atom. The quantitative estimate of drug-likeness (QED) is 0.124. The average molecular weight is 755 g/mol. The minimum atomic E-state index is -4.31. The minimum absolute atomic E-state index is 0.00366. The Balaban J connectivity index is 1.61. The van der Waals surface area contributed by atoms with Crippen molar-refractivity contribution in [2.24, 2.45) is 0 Å². The molecular weight excluding hydrogens is 713 g/mol. The minimum Gasteiger partial charge on any atom is -0.492 e. The summed E-state index contributed by atoms with van der Waals surface area (Å²) < 4.78 is 35.9. The van der Waals surface area contributed by atoms with Crippen molar-refractivity contribution in [3.63, 3.8) is 0 Å². The van der Waals surface area contributed by atoms with Gasteiger partial charge in [0.2, 0.25) is 11.8 Å². The number of ether oxygens (including phenoxy) is 1. The van der Waals surface area contributed by atoms with E-state index < -0.39 is 28.5 Å². The number of carbonyl (C=O) groups excluding carboxylic acids is 2. The molecule has 5 rings (SSSR count). The van der Waals surface area contributed by atoms with E-state index in [-0.39, 0.29) is 42.1 Å². The molecule has 1 aliphatic rings. The number of hydrogen-bond acceptors (Lipinski definition) is 6. The zero-order valence-electron chi connectivity index (χ0n) is 28.1. The maximum Gasteiger partial charge on any atom is 0.264 e. The van der Waals surface area contributed by atoms with E-state index in [2.05, 4.69) is 5.32 Å². The maximum absolute atomic E-state index is 14.9. The van der Waals surface area contributed by atoms with Crippen molar-refractivity contribution in [3.05, 3.63) is 118 Å². The molecule has 1 N–H and O–H groups in total. The SMILES string of the molecule is CCOc1ccccc1N(CC(=O)N(Cc1ccc(Cl)cc1Cl)C(Cc1ccccc1)C(=O)NC1CCCC1)S(=O)(=O)c1ccc(SC)cc1. The molecule has 0 aliphatic heterocycles. The van der Waals surface area contributed by atoms with Gasteiger partial charge in [-0.3, -0.25) is 13.9 Å². The van der Waals surface area contributed by atoms with Gasteiger partial charge in [0.25, 0.3) is 10.0 Å². The zero-order chi connectivity index (χ0) is 35.7. The normalized spacial score (nSPS) is 13.8. The monoisotopic (exact) mass is 753 g/mol. The van der Waals surface area contributed by atoms with Crippen LogP contribution in [0, 0.1) is 0 Å². The van der Waals surface area contributed by atoms with Crippen LogP contribution >= 0.6 is 35.0 Å². The van der Waals surface area contributed by atoms with E-state index in [1.807, 2.05) is 36.6 Å².